The van der Waals surface area contributed by atoms with E-state index in [0.29, 0.717) is 0 Å². The number of hydrogen-bond donors (Lipinski definition) is 0. The summed E-state index contributed by atoms with van der Waals surface area (Å²) in [4.78, 5) is 0. The van der Waals surface area contributed by atoms with E-state index in [2.05, 4.69) is 43.3 Å². The Balaban J connectivity index is 2.42. The molecule has 0 nitrogen and oxygen atoms in total. The van der Waals surface area contributed by atoms with E-state index in [1.54, 1.807) is 0 Å². The van der Waals surface area contributed by atoms with Crippen LogP contribution in [0.2, 0.25) is 0 Å². The molecule has 0 N–H and O–H groups in total. The molecule has 0 aromatic heterocycles. The van der Waals surface area contributed by atoms with Crippen molar-refractivity contribution in [2.45, 2.75) is 6.92 Å². The highest BCUT2D eigenvalue weighted by atomic mass is 14.0. The Kier molecular flexibility index (Phi) is 2.13. The van der Waals surface area contributed by atoms with Gasteiger partial charge in [0.1, 0.15) is 0 Å². The van der Waals surface area contributed by atoms with Crippen molar-refractivity contribution >= 4 is 0 Å². The van der Waals surface area contributed by atoms with Gasteiger partial charge in [0.15, 0.2) is 0 Å². The first kappa shape index (κ1) is 8.06. The van der Waals surface area contributed by atoms with Gasteiger partial charge >= 0.3 is 0 Å². The number of rotatable bonds is 1. The first-order valence-corrected chi connectivity index (χ1v) is 4.31. The van der Waals surface area contributed by atoms with Crippen molar-refractivity contribution < 1.29 is 0 Å². The molecule has 2 radical (unpaired) electrons. The van der Waals surface area contributed by atoms with Gasteiger partial charge in [-0.25, -0.2) is 0 Å². The van der Waals surface area contributed by atoms with E-state index in [9.17, 15) is 0 Å². The van der Waals surface area contributed by atoms with Crippen LogP contribution in [-0.2, 0) is 0 Å². The summed E-state index contributed by atoms with van der Waals surface area (Å²) in [5.41, 5.74) is 3.58. The lowest BCUT2D eigenvalue weighted by molar-refractivity contribution is 1.47. The summed E-state index contributed by atoms with van der Waals surface area (Å²) in [5.74, 6) is 0. The van der Waals surface area contributed by atoms with E-state index < -0.39 is 0 Å². The molecule has 0 aliphatic heterocycles. The van der Waals surface area contributed by atoms with E-state index in [0.717, 1.165) is 5.56 Å². The molecule has 0 bridgehead atoms. The molecule has 13 heavy (non-hydrogen) atoms. The first-order valence-electron chi connectivity index (χ1n) is 4.31. The maximum absolute atomic E-state index is 3.17. The molecular weight excluding hydrogens is 156 g/mol. The molecule has 0 atom stereocenters. The molecule has 0 heterocycles. The van der Waals surface area contributed by atoms with Crippen LogP contribution in [0.25, 0.3) is 11.1 Å². The molecule has 2 rings (SSSR count). The van der Waals surface area contributed by atoms with Crippen molar-refractivity contribution in [3.8, 4) is 11.1 Å². The maximum atomic E-state index is 3.17. The average molecular weight is 166 g/mol. The predicted octanol–water partition coefficient (Wildman–Crippen LogP) is 3.26. The van der Waals surface area contributed by atoms with E-state index in [1.165, 1.54) is 11.1 Å². The van der Waals surface area contributed by atoms with Crippen LogP contribution in [0.5, 0.6) is 0 Å². The van der Waals surface area contributed by atoms with Crippen LogP contribution < -0.4 is 0 Å². The van der Waals surface area contributed by atoms with Crippen molar-refractivity contribution in [3.05, 3.63) is 60.2 Å². The molecule has 0 saturated heterocycles. The van der Waals surface area contributed by atoms with Gasteiger partial charge in [-0.15, -0.1) is 0 Å². The molecule has 62 valence electrons. The Morgan fingerprint density at radius 3 is 2.38 bits per heavy atom. The van der Waals surface area contributed by atoms with Crippen molar-refractivity contribution in [2.24, 2.45) is 0 Å². The Labute approximate surface area is 78.9 Å². The topological polar surface area (TPSA) is 0 Å². The third kappa shape index (κ3) is 1.78. The number of benzene rings is 2. The Morgan fingerprint density at radius 2 is 1.77 bits per heavy atom. The lowest BCUT2D eigenvalue weighted by atomic mass is 10.0. The molecule has 0 fully saturated rings. The summed E-state index contributed by atoms with van der Waals surface area (Å²) in [6, 6.07) is 20.3. The minimum Gasteiger partial charge on any atom is -0.0587 e. The van der Waals surface area contributed by atoms with Crippen LogP contribution in [0.1, 0.15) is 5.56 Å². The lowest BCUT2D eigenvalue weighted by Crippen LogP contribution is -1.77. The summed E-state index contributed by atoms with van der Waals surface area (Å²) >= 11 is 0. The van der Waals surface area contributed by atoms with Gasteiger partial charge in [-0.3, -0.25) is 0 Å². The van der Waals surface area contributed by atoms with Crippen LogP contribution in [0.4, 0.5) is 0 Å². The molecule has 2 aromatic carbocycles. The van der Waals surface area contributed by atoms with Crippen molar-refractivity contribution in [1.82, 2.24) is 0 Å². The first-order chi connectivity index (χ1) is 6.36. The highest BCUT2D eigenvalue weighted by molar-refractivity contribution is 5.62. The summed E-state index contributed by atoms with van der Waals surface area (Å²) in [6.07, 6.45) is 0. The second kappa shape index (κ2) is 3.44. The standard InChI is InChI=1S/C13H10/c1-11-7-9-13(10-8-11)12-5-3-2-4-6-12/h2-3,6-10H,1H3. The molecule has 0 unspecified atom stereocenters. The highest BCUT2D eigenvalue weighted by Gasteiger charge is 1.94. The summed E-state index contributed by atoms with van der Waals surface area (Å²) < 4.78 is 0. The third-order valence-electron chi connectivity index (χ3n) is 2.01. The normalized spacial score (nSPS) is 9.92. The fourth-order valence-electron chi connectivity index (χ4n) is 1.25. The van der Waals surface area contributed by atoms with Crippen LogP contribution in [0, 0.1) is 19.1 Å². The molecule has 0 aliphatic carbocycles. The SMILES string of the molecule is Cc1ccc(-c2[c]cc[c]c2)cc1. The van der Waals surface area contributed by atoms with Crippen LogP contribution in [0.15, 0.2) is 42.5 Å². The molecule has 0 aliphatic rings. The van der Waals surface area contributed by atoms with Gasteiger partial charge in [-0.2, -0.15) is 0 Å². The lowest BCUT2D eigenvalue weighted by Gasteiger charge is -2.00. The van der Waals surface area contributed by atoms with Crippen LogP contribution >= 0.6 is 0 Å². The minimum atomic E-state index is 1.10. The van der Waals surface area contributed by atoms with Gasteiger partial charge in [0.05, 0.1) is 0 Å². The smallest absolute Gasteiger partial charge is 0.00987 e. The molecular formula is C13H10. The van der Waals surface area contributed by atoms with E-state index in [-0.39, 0.29) is 0 Å². The highest BCUT2D eigenvalue weighted by Crippen LogP contribution is 2.17. The van der Waals surface area contributed by atoms with Gasteiger partial charge in [0.25, 0.3) is 0 Å². The second-order valence-corrected chi connectivity index (χ2v) is 3.07. The molecule has 0 heteroatoms. The second-order valence-electron chi connectivity index (χ2n) is 3.07. The van der Waals surface area contributed by atoms with Crippen LogP contribution in [0.3, 0.4) is 0 Å². The largest absolute Gasteiger partial charge is 0.0587 e. The number of aryl methyl sites for hydroxylation is 1. The molecule has 2 aromatic rings. The van der Waals surface area contributed by atoms with Crippen molar-refractivity contribution in [1.29, 1.82) is 0 Å². The van der Waals surface area contributed by atoms with Crippen molar-refractivity contribution in [3.63, 3.8) is 0 Å². The molecule has 0 amide bonds. The molecule has 0 spiro atoms. The monoisotopic (exact) mass is 166 g/mol. The Morgan fingerprint density at radius 1 is 1.00 bits per heavy atom. The van der Waals surface area contributed by atoms with E-state index in [1.807, 2.05) is 18.2 Å². The fourth-order valence-corrected chi connectivity index (χ4v) is 1.25. The zero-order valence-corrected chi connectivity index (χ0v) is 7.54. The summed E-state index contributed by atoms with van der Waals surface area (Å²) in [5, 5.41) is 0. The molecule has 0 saturated carbocycles. The van der Waals surface area contributed by atoms with Crippen LogP contribution in [-0.4, -0.2) is 0 Å². The number of hydrogen-bond acceptors (Lipinski definition) is 0. The van der Waals surface area contributed by atoms with Gasteiger partial charge in [-0.1, -0.05) is 42.0 Å². The summed E-state index contributed by atoms with van der Waals surface area (Å²) in [6.45, 7) is 2.09. The van der Waals surface area contributed by atoms with Crippen molar-refractivity contribution in [2.75, 3.05) is 0 Å². The predicted molar refractivity (Wildman–Crippen MR) is 54.3 cm³/mol. The van der Waals surface area contributed by atoms with Gasteiger partial charge in [0.2, 0.25) is 0 Å². The summed E-state index contributed by atoms with van der Waals surface area (Å²) in [7, 11) is 0. The Bertz CT molecular complexity index is 371. The van der Waals surface area contributed by atoms with Gasteiger partial charge in [0, 0.05) is 0 Å². The van der Waals surface area contributed by atoms with E-state index in [4.69, 9.17) is 0 Å². The van der Waals surface area contributed by atoms with Gasteiger partial charge < -0.3 is 0 Å². The zero-order valence-electron chi connectivity index (χ0n) is 7.54. The maximum Gasteiger partial charge on any atom is -0.00987 e. The minimum absolute atomic E-state index is 1.10. The quantitative estimate of drug-likeness (QED) is 0.610. The zero-order chi connectivity index (χ0) is 9.10. The van der Waals surface area contributed by atoms with E-state index >= 15 is 0 Å². The third-order valence-corrected chi connectivity index (χ3v) is 2.01. The Hall–Kier alpha value is -1.56. The fraction of sp³-hybridized carbons (Fsp3) is 0.0769. The average Bonchev–Trinajstić information content (AvgIpc) is 2.20. The van der Waals surface area contributed by atoms with Gasteiger partial charge in [-0.05, 0) is 36.2 Å².